The molecule has 0 aliphatic heterocycles. The van der Waals surface area contributed by atoms with E-state index in [1.54, 1.807) is 40.6 Å². The average molecular weight is 986 g/mol. The summed E-state index contributed by atoms with van der Waals surface area (Å²) in [5, 5.41) is 15.5. The first kappa shape index (κ1) is 52.7. The van der Waals surface area contributed by atoms with Crippen molar-refractivity contribution in [1.29, 1.82) is 0 Å². The van der Waals surface area contributed by atoms with E-state index in [2.05, 4.69) is 31.9 Å². The predicted molar refractivity (Wildman–Crippen MR) is 236 cm³/mol. The number of nitrogens with one attached hydrogen (secondary N) is 6. The molecule has 6 amide bonds. The minimum Gasteiger partial charge on any atom is -0.744 e. The number of hydrogen-bond acceptors (Lipinski definition) is 12. The van der Waals surface area contributed by atoms with Crippen LogP contribution in [0.15, 0.2) is 101 Å². The molecule has 0 spiro atoms. The van der Waals surface area contributed by atoms with Crippen molar-refractivity contribution in [3.63, 3.8) is 0 Å². The van der Waals surface area contributed by atoms with Crippen LogP contribution >= 0.6 is 0 Å². The zero-order valence-electron chi connectivity index (χ0n) is 37.2. The Kier molecular flexibility index (Phi) is 15.9. The second kappa shape index (κ2) is 20.5. The fourth-order valence-corrected chi connectivity index (χ4v) is 8.29. The van der Waals surface area contributed by atoms with Crippen LogP contribution in [0.1, 0.15) is 52.4 Å². The first-order valence-corrected chi connectivity index (χ1v) is 21.9. The predicted octanol–water partition coefficient (Wildman–Crippen LogP) is -2.82. The summed E-state index contributed by atoms with van der Waals surface area (Å²) in [7, 11) is -2.22. The molecule has 0 atom stereocenters. The number of rotatable bonds is 14. The molecule has 0 fully saturated rings. The fraction of sp³-hybridized carbons (Fsp3) is 0.122. The molecule has 0 bridgehead atoms. The average Bonchev–Trinajstić information content (AvgIpc) is 4.05. The molecule has 0 aliphatic rings. The van der Waals surface area contributed by atoms with Crippen molar-refractivity contribution in [2.24, 2.45) is 35.2 Å². The summed E-state index contributed by atoms with van der Waals surface area (Å²) in [6.45, 7) is 0. The van der Waals surface area contributed by atoms with E-state index in [-0.39, 0.29) is 116 Å². The molecule has 0 unspecified atom stereocenters. The SMILES string of the molecule is Cn1cc(NC=O)cc1C(=O)Nc1cc(C(=O)Nc2cc(C(=O)Nc3cc(C(=O)Nc4cc(C(=O)Nc5ccc(S(=O)(=O)[O-])c6cc(S(=O)(=O)[O-])ccc56)n(C)c4)n(C)c3)n(C)c2)n(C)c1.[Na+].[Na+]. The Morgan fingerprint density at radius 1 is 0.456 bits per heavy atom. The second-order valence-corrected chi connectivity index (χ2v) is 17.6. The number of nitrogens with zero attached hydrogens (tertiary/aromatic N) is 5. The molecule has 6 N–H and O–H groups in total. The number of benzene rings is 2. The summed E-state index contributed by atoms with van der Waals surface area (Å²) < 4.78 is 78.0. The van der Waals surface area contributed by atoms with Gasteiger partial charge in [-0.3, -0.25) is 28.8 Å². The minimum atomic E-state index is -5.13. The molecule has 68 heavy (non-hydrogen) atoms. The Hall–Kier alpha value is -6.26. The molecule has 7 aromatic rings. The van der Waals surface area contributed by atoms with Gasteiger partial charge in [-0.15, -0.1) is 0 Å². The minimum absolute atomic E-state index is 0. The summed E-state index contributed by atoms with van der Waals surface area (Å²) in [6.07, 6.45) is 8.07. The van der Waals surface area contributed by atoms with Crippen LogP contribution in [0.2, 0.25) is 0 Å². The van der Waals surface area contributed by atoms with E-state index in [0.29, 0.717) is 17.8 Å². The van der Waals surface area contributed by atoms with Gasteiger partial charge in [0.25, 0.3) is 29.5 Å². The van der Waals surface area contributed by atoms with Gasteiger partial charge in [-0.2, -0.15) is 0 Å². The van der Waals surface area contributed by atoms with Gasteiger partial charge in [0, 0.05) is 82.7 Å². The van der Waals surface area contributed by atoms with Crippen molar-refractivity contribution in [1.82, 2.24) is 22.8 Å². The Morgan fingerprint density at radius 3 is 1.13 bits per heavy atom. The normalized spacial score (nSPS) is 11.2. The molecule has 0 saturated heterocycles. The molecule has 342 valence electrons. The monoisotopic (exact) mass is 985 g/mol. The zero-order chi connectivity index (χ0) is 48.0. The van der Waals surface area contributed by atoms with Crippen molar-refractivity contribution in [2.45, 2.75) is 9.79 Å². The number of carbonyl (C=O) groups is 6. The molecular formula is C41H37N11Na2O12S2. The van der Waals surface area contributed by atoms with Crippen molar-refractivity contribution in [2.75, 3.05) is 31.9 Å². The third kappa shape index (κ3) is 11.4. The summed E-state index contributed by atoms with van der Waals surface area (Å²) in [4.78, 5) is 75.6. The Bertz CT molecular complexity index is 3420. The summed E-state index contributed by atoms with van der Waals surface area (Å²) >= 11 is 0. The molecule has 0 radical (unpaired) electrons. The Morgan fingerprint density at radius 2 is 0.794 bits per heavy atom. The topological polar surface area (TPSA) is 314 Å². The Labute approximate surface area is 431 Å². The van der Waals surface area contributed by atoms with Crippen LogP contribution in [0.5, 0.6) is 0 Å². The van der Waals surface area contributed by atoms with Gasteiger partial charge >= 0.3 is 59.1 Å². The fourth-order valence-electron chi connectivity index (χ4n) is 7.12. The maximum absolute atomic E-state index is 13.4. The van der Waals surface area contributed by atoms with Gasteiger partial charge in [-0.1, -0.05) is 6.07 Å². The van der Waals surface area contributed by atoms with Gasteiger partial charge in [-0.05, 0) is 54.6 Å². The van der Waals surface area contributed by atoms with E-state index in [1.165, 1.54) is 78.8 Å². The number of fused-ring (bicyclic) bond motifs is 1. The number of anilines is 6. The van der Waals surface area contributed by atoms with E-state index < -0.39 is 64.9 Å². The molecule has 7 rings (SSSR count). The van der Waals surface area contributed by atoms with Crippen LogP contribution in [-0.4, -0.2) is 84.7 Å². The summed E-state index contributed by atoms with van der Waals surface area (Å²) in [5.41, 5.74) is 2.21. The van der Waals surface area contributed by atoms with Gasteiger partial charge in [0.05, 0.1) is 38.2 Å². The van der Waals surface area contributed by atoms with Crippen LogP contribution in [0.25, 0.3) is 10.8 Å². The van der Waals surface area contributed by atoms with Crippen molar-refractivity contribution in [3.8, 4) is 0 Å². The number of amides is 6. The molecule has 5 heterocycles. The Balaban J connectivity index is 0.00000432. The van der Waals surface area contributed by atoms with E-state index in [9.17, 15) is 54.7 Å². The van der Waals surface area contributed by atoms with E-state index in [1.807, 2.05) is 0 Å². The smallest absolute Gasteiger partial charge is 0.744 e. The second-order valence-electron chi connectivity index (χ2n) is 14.9. The number of hydrogen-bond donors (Lipinski definition) is 6. The van der Waals surface area contributed by atoms with Crippen molar-refractivity contribution >= 4 is 101 Å². The van der Waals surface area contributed by atoms with Crippen LogP contribution in [0, 0.1) is 0 Å². The molecule has 5 aromatic heterocycles. The van der Waals surface area contributed by atoms with E-state index in [4.69, 9.17) is 0 Å². The van der Waals surface area contributed by atoms with Crippen molar-refractivity contribution in [3.05, 3.63) is 120 Å². The maximum atomic E-state index is 13.4. The third-order valence-electron chi connectivity index (χ3n) is 10.2. The summed E-state index contributed by atoms with van der Waals surface area (Å²) in [5.74, 6) is -2.94. The van der Waals surface area contributed by atoms with Crippen LogP contribution in [0.3, 0.4) is 0 Å². The van der Waals surface area contributed by atoms with Crippen LogP contribution in [-0.2, 0) is 60.3 Å². The first-order chi connectivity index (χ1) is 31.0. The first-order valence-electron chi connectivity index (χ1n) is 19.1. The molecule has 2 aromatic carbocycles. The molecule has 27 heteroatoms. The third-order valence-corrected chi connectivity index (χ3v) is 11.9. The zero-order valence-corrected chi connectivity index (χ0v) is 42.8. The quantitative estimate of drug-likeness (QED) is 0.0365. The molecule has 0 saturated carbocycles. The number of aryl methyl sites for hydroxylation is 5. The van der Waals surface area contributed by atoms with Crippen LogP contribution < -0.4 is 91.0 Å². The van der Waals surface area contributed by atoms with Gasteiger partial charge in [0.15, 0.2) is 0 Å². The summed E-state index contributed by atoms with van der Waals surface area (Å²) in [6, 6.07) is 11.9. The van der Waals surface area contributed by atoms with E-state index in [0.717, 1.165) is 30.3 Å². The van der Waals surface area contributed by atoms with Crippen LogP contribution in [0.4, 0.5) is 34.1 Å². The largest absolute Gasteiger partial charge is 1.00 e. The number of carbonyl (C=O) groups excluding carboxylic acids is 6. The number of aromatic nitrogens is 5. The maximum Gasteiger partial charge on any atom is 1.00 e. The van der Waals surface area contributed by atoms with Crippen molar-refractivity contribution < 1.29 is 114 Å². The van der Waals surface area contributed by atoms with Gasteiger partial charge in [0.2, 0.25) is 6.41 Å². The molecule has 23 nitrogen and oxygen atoms in total. The van der Waals surface area contributed by atoms with Gasteiger partial charge in [0.1, 0.15) is 48.7 Å². The molecular weight excluding hydrogens is 949 g/mol. The standard InChI is InChI=1S/C41H39N11O12S2.2Na/c1-48-16-22(42-21-53)10-31(48)37(54)43-23-11-32(49(2)17-23)38(55)44-24-12-33(50(3)18-24)39(56)45-25-13-34(51(4)19-25)40(57)46-26-14-35(52(5)20-26)41(58)47-30-8-9-36(66(62,63)64)29-15-27(65(59,60)61)6-7-28(29)30;;/h6-21H,1-5H3,(H,42,53)(H,43,54)(H,44,55)(H,45,56)(H,46,57)(H,47,58)(H,59,60,61)(H,62,63,64);;/q;2*+1/p-2. The van der Waals surface area contributed by atoms with Gasteiger partial charge < -0.3 is 63.8 Å². The molecule has 0 aliphatic carbocycles. The van der Waals surface area contributed by atoms with E-state index >= 15 is 0 Å². The van der Waals surface area contributed by atoms with Gasteiger partial charge in [-0.25, -0.2) is 16.8 Å².